The molecule has 0 unspecified atom stereocenters. The molecule has 2 heteroatoms. The first kappa shape index (κ1) is 15.9. The molecular formula is C17H27NO. The van der Waals surface area contributed by atoms with Crippen LogP contribution in [0.15, 0.2) is 24.3 Å². The number of carbonyl (C=O) groups is 1. The summed E-state index contributed by atoms with van der Waals surface area (Å²) in [5.41, 5.74) is 2.19. The molecular weight excluding hydrogens is 234 g/mol. The summed E-state index contributed by atoms with van der Waals surface area (Å²) in [6, 6.07) is 8.06. The number of likely N-dealkylation sites (N-methyl/N-ethyl adjacent to an activating group) is 1. The second-order valence-electron chi connectivity index (χ2n) is 5.89. The zero-order valence-electron chi connectivity index (χ0n) is 13.0. The summed E-state index contributed by atoms with van der Waals surface area (Å²) in [5.74, 6) is 0.201. The van der Waals surface area contributed by atoms with Gasteiger partial charge >= 0.3 is 0 Å². The molecule has 0 atom stereocenters. The van der Waals surface area contributed by atoms with Crippen molar-refractivity contribution in [3.63, 3.8) is 0 Å². The third-order valence-electron chi connectivity index (χ3n) is 4.09. The summed E-state index contributed by atoms with van der Waals surface area (Å²) in [4.78, 5) is 14.4. The van der Waals surface area contributed by atoms with Crippen LogP contribution in [0.4, 0.5) is 0 Å². The minimum atomic E-state index is 0.0673. The molecule has 0 aliphatic carbocycles. The predicted octanol–water partition coefficient (Wildman–Crippen LogP) is 3.94. The molecule has 0 heterocycles. The number of aryl methyl sites for hydroxylation is 1. The fraction of sp³-hybridized carbons (Fsp3) is 0.588. The molecule has 0 spiro atoms. The molecule has 1 aromatic rings. The van der Waals surface area contributed by atoms with Gasteiger partial charge in [-0.05, 0) is 39.3 Å². The molecule has 0 amide bonds. The van der Waals surface area contributed by atoms with Gasteiger partial charge in [0.25, 0.3) is 0 Å². The van der Waals surface area contributed by atoms with Gasteiger partial charge in [0.05, 0.1) is 6.54 Å². The molecule has 0 radical (unpaired) electrons. The first-order valence-corrected chi connectivity index (χ1v) is 7.24. The second kappa shape index (κ2) is 6.85. The van der Waals surface area contributed by atoms with Crippen LogP contribution in [0.2, 0.25) is 0 Å². The molecule has 106 valence electrons. The highest BCUT2D eigenvalue weighted by atomic mass is 16.1. The lowest BCUT2D eigenvalue weighted by Gasteiger charge is -2.34. The van der Waals surface area contributed by atoms with Gasteiger partial charge in [-0.15, -0.1) is 0 Å². The van der Waals surface area contributed by atoms with Crippen LogP contribution in [0.1, 0.15) is 56.5 Å². The SMILES string of the molecule is CCCc1ccc(C(=O)CN(C)C(C)(C)CC)cc1. The fourth-order valence-corrected chi connectivity index (χ4v) is 1.94. The number of rotatable bonds is 7. The summed E-state index contributed by atoms with van der Waals surface area (Å²) in [5, 5.41) is 0. The van der Waals surface area contributed by atoms with Crippen molar-refractivity contribution >= 4 is 5.78 Å². The molecule has 0 aromatic heterocycles. The maximum absolute atomic E-state index is 12.2. The van der Waals surface area contributed by atoms with Crippen LogP contribution in [0.5, 0.6) is 0 Å². The molecule has 0 bridgehead atoms. The molecule has 0 saturated carbocycles. The van der Waals surface area contributed by atoms with Crippen LogP contribution in [0.25, 0.3) is 0 Å². The Morgan fingerprint density at radius 2 is 1.74 bits per heavy atom. The van der Waals surface area contributed by atoms with Gasteiger partial charge in [0.1, 0.15) is 0 Å². The molecule has 19 heavy (non-hydrogen) atoms. The highest BCUT2D eigenvalue weighted by Gasteiger charge is 2.23. The quantitative estimate of drug-likeness (QED) is 0.693. The van der Waals surface area contributed by atoms with Gasteiger partial charge in [0, 0.05) is 11.1 Å². The molecule has 0 aliphatic heterocycles. The number of carbonyl (C=O) groups excluding carboxylic acids is 1. The summed E-state index contributed by atoms with van der Waals surface area (Å²) in [6.45, 7) is 9.14. The van der Waals surface area contributed by atoms with E-state index in [9.17, 15) is 4.79 Å². The predicted molar refractivity (Wildman–Crippen MR) is 81.8 cm³/mol. The van der Waals surface area contributed by atoms with Crippen molar-refractivity contribution in [2.24, 2.45) is 0 Å². The van der Waals surface area contributed by atoms with Gasteiger partial charge in [-0.3, -0.25) is 9.69 Å². The Morgan fingerprint density at radius 1 is 1.16 bits per heavy atom. The van der Waals surface area contributed by atoms with Gasteiger partial charge < -0.3 is 0 Å². The van der Waals surface area contributed by atoms with E-state index < -0.39 is 0 Å². The van der Waals surface area contributed by atoms with Crippen molar-refractivity contribution in [3.8, 4) is 0 Å². The first-order chi connectivity index (χ1) is 8.90. The van der Waals surface area contributed by atoms with Crippen molar-refractivity contribution in [1.82, 2.24) is 4.90 Å². The lowest BCUT2D eigenvalue weighted by molar-refractivity contribution is 0.0847. The standard InChI is InChI=1S/C17H27NO/c1-6-8-14-9-11-15(12-10-14)16(19)13-18(5)17(3,4)7-2/h9-12H,6-8,13H2,1-5H3. The van der Waals surface area contributed by atoms with Gasteiger partial charge in [-0.1, -0.05) is 44.5 Å². The largest absolute Gasteiger partial charge is 0.294 e. The number of Topliss-reactive ketones (excluding diaryl/α,β-unsaturated/α-hetero) is 1. The number of hydrogen-bond acceptors (Lipinski definition) is 2. The van der Waals surface area contributed by atoms with E-state index in [2.05, 4.69) is 44.7 Å². The fourth-order valence-electron chi connectivity index (χ4n) is 1.94. The zero-order valence-corrected chi connectivity index (χ0v) is 13.0. The molecule has 0 N–H and O–H groups in total. The Labute approximate surface area is 117 Å². The maximum Gasteiger partial charge on any atom is 0.176 e. The summed E-state index contributed by atoms with van der Waals surface area (Å²) < 4.78 is 0. The van der Waals surface area contributed by atoms with Crippen molar-refractivity contribution in [1.29, 1.82) is 0 Å². The molecule has 1 rings (SSSR count). The molecule has 0 fully saturated rings. The van der Waals surface area contributed by atoms with Gasteiger partial charge in [0.15, 0.2) is 5.78 Å². The lowest BCUT2D eigenvalue weighted by Crippen LogP contribution is -2.43. The summed E-state index contributed by atoms with van der Waals surface area (Å²) in [6.07, 6.45) is 3.25. The van der Waals surface area contributed by atoms with E-state index in [1.54, 1.807) is 0 Å². The van der Waals surface area contributed by atoms with E-state index in [-0.39, 0.29) is 11.3 Å². The molecule has 0 saturated heterocycles. The lowest BCUT2D eigenvalue weighted by atomic mass is 9.98. The summed E-state index contributed by atoms with van der Waals surface area (Å²) >= 11 is 0. The highest BCUT2D eigenvalue weighted by molar-refractivity contribution is 5.97. The normalized spacial score (nSPS) is 11.9. The number of ketones is 1. The van der Waals surface area contributed by atoms with Crippen LogP contribution in [-0.2, 0) is 6.42 Å². The van der Waals surface area contributed by atoms with Gasteiger partial charge in [0.2, 0.25) is 0 Å². The average Bonchev–Trinajstić information content (AvgIpc) is 2.39. The van der Waals surface area contributed by atoms with Crippen molar-refractivity contribution < 1.29 is 4.79 Å². The van der Waals surface area contributed by atoms with Crippen LogP contribution < -0.4 is 0 Å². The van der Waals surface area contributed by atoms with Gasteiger partial charge in [-0.25, -0.2) is 0 Å². The Balaban J connectivity index is 2.68. The van der Waals surface area contributed by atoms with E-state index in [1.165, 1.54) is 5.56 Å². The molecule has 1 aromatic carbocycles. The van der Waals surface area contributed by atoms with Crippen LogP contribution in [0.3, 0.4) is 0 Å². The monoisotopic (exact) mass is 261 g/mol. The third kappa shape index (κ3) is 4.46. The van der Waals surface area contributed by atoms with E-state index in [0.29, 0.717) is 6.54 Å². The Kier molecular flexibility index (Phi) is 5.74. The van der Waals surface area contributed by atoms with Crippen LogP contribution in [0, 0.1) is 0 Å². The van der Waals surface area contributed by atoms with E-state index in [1.807, 2.05) is 19.2 Å². The number of hydrogen-bond donors (Lipinski definition) is 0. The van der Waals surface area contributed by atoms with E-state index in [4.69, 9.17) is 0 Å². The average molecular weight is 261 g/mol. The summed E-state index contributed by atoms with van der Waals surface area (Å²) in [7, 11) is 2.02. The topological polar surface area (TPSA) is 20.3 Å². The minimum Gasteiger partial charge on any atom is -0.294 e. The Hall–Kier alpha value is -1.15. The van der Waals surface area contributed by atoms with E-state index >= 15 is 0 Å². The number of nitrogens with zero attached hydrogens (tertiary/aromatic N) is 1. The van der Waals surface area contributed by atoms with Crippen molar-refractivity contribution in [2.45, 2.75) is 52.5 Å². The third-order valence-corrected chi connectivity index (χ3v) is 4.09. The van der Waals surface area contributed by atoms with Crippen LogP contribution >= 0.6 is 0 Å². The Morgan fingerprint density at radius 3 is 2.21 bits per heavy atom. The minimum absolute atomic E-state index is 0.0673. The van der Waals surface area contributed by atoms with Crippen LogP contribution in [-0.4, -0.2) is 29.8 Å². The van der Waals surface area contributed by atoms with Crippen molar-refractivity contribution in [3.05, 3.63) is 35.4 Å². The zero-order chi connectivity index (χ0) is 14.5. The van der Waals surface area contributed by atoms with E-state index in [0.717, 1.165) is 24.8 Å². The molecule has 2 nitrogen and oxygen atoms in total. The number of benzene rings is 1. The molecule has 0 aliphatic rings. The Bertz CT molecular complexity index is 406. The maximum atomic E-state index is 12.2. The van der Waals surface area contributed by atoms with Gasteiger partial charge in [-0.2, -0.15) is 0 Å². The second-order valence-corrected chi connectivity index (χ2v) is 5.89. The smallest absolute Gasteiger partial charge is 0.176 e. The highest BCUT2D eigenvalue weighted by Crippen LogP contribution is 2.17. The first-order valence-electron chi connectivity index (χ1n) is 7.24. The van der Waals surface area contributed by atoms with Crippen molar-refractivity contribution in [2.75, 3.05) is 13.6 Å².